The molecule has 1 fully saturated rings. The van der Waals surface area contributed by atoms with Crippen LogP contribution >= 0.6 is 0 Å². The summed E-state index contributed by atoms with van der Waals surface area (Å²) in [5, 5.41) is 10.1. The molecule has 0 radical (unpaired) electrons. The van der Waals surface area contributed by atoms with Crippen LogP contribution in [0.25, 0.3) is 0 Å². The molecule has 2 unspecified atom stereocenters. The Morgan fingerprint density at radius 1 is 1.67 bits per heavy atom. The molecule has 0 amide bonds. The van der Waals surface area contributed by atoms with Gasteiger partial charge in [0.15, 0.2) is 0 Å². The molecular weight excluding hydrogens is 152 g/mol. The van der Waals surface area contributed by atoms with Crippen molar-refractivity contribution in [3.8, 4) is 0 Å². The van der Waals surface area contributed by atoms with Gasteiger partial charge >= 0.3 is 0 Å². The highest BCUT2D eigenvalue weighted by Crippen LogP contribution is 2.27. The van der Waals surface area contributed by atoms with Crippen molar-refractivity contribution < 1.29 is 5.11 Å². The summed E-state index contributed by atoms with van der Waals surface area (Å²) in [7, 11) is 0. The van der Waals surface area contributed by atoms with Gasteiger partial charge in [0.25, 0.3) is 0 Å². The molecule has 2 heterocycles. The lowest BCUT2D eigenvalue weighted by Crippen LogP contribution is -2.59. The van der Waals surface area contributed by atoms with Crippen molar-refractivity contribution in [2.45, 2.75) is 38.5 Å². The predicted molar refractivity (Wildman–Crippen MR) is 48.3 cm³/mol. The Labute approximate surface area is 73.1 Å². The van der Waals surface area contributed by atoms with Crippen molar-refractivity contribution in [3.05, 3.63) is 0 Å². The molecule has 2 aliphatic rings. The third-order valence-corrected chi connectivity index (χ3v) is 3.07. The van der Waals surface area contributed by atoms with E-state index in [9.17, 15) is 5.11 Å². The van der Waals surface area contributed by atoms with Gasteiger partial charge in [-0.2, -0.15) is 0 Å². The zero-order valence-corrected chi connectivity index (χ0v) is 7.75. The Kier molecular flexibility index (Phi) is 1.73. The van der Waals surface area contributed by atoms with Gasteiger partial charge < -0.3 is 5.11 Å². The number of aliphatic imine (C=N–C) groups is 1. The van der Waals surface area contributed by atoms with Gasteiger partial charge in [0.1, 0.15) is 5.72 Å². The van der Waals surface area contributed by atoms with E-state index >= 15 is 0 Å². The molecule has 1 saturated heterocycles. The lowest BCUT2D eigenvalue weighted by Gasteiger charge is -2.46. The standard InChI is InChI=1S/C9H16N2O/c1-7-9(2,12)11-5-3-4-8(6-11)10-7/h7,12H,3-6H2,1-2H3/t7?,9-/m1/s1. The van der Waals surface area contributed by atoms with Crippen molar-refractivity contribution in [2.24, 2.45) is 4.99 Å². The van der Waals surface area contributed by atoms with Gasteiger partial charge in [-0.05, 0) is 26.7 Å². The van der Waals surface area contributed by atoms with Gasteiger partial charge in [-0.25, -0.2) is 0 Å². The van der Waals surface area contributed by atoms with Crippen molar-refractivity contribution in [1.82, 2.24) is 4.90 Å². The number of hydrogen-bond acceptors (Lipinski definition) is 3. The molecule has 12 heavy (non-hydrogen) atoms. The quantitative estimate of drug-likeness (QED) is 0.576. The highest BCUT2D eigenvalue weighted by Gasteiger charge is 2.40. The van der Waals surface area contributed by atoms with E-state index in [2.05, 4.69) is 9.89 Å². The molecule has 1 N–H and O–H groups in total. The summed E-state index contributed by atoms with van der Waals surface area (Å²) >= 11 is 0. The average Bonchev–Trinajstić information content (AvgIpc) is 2.03. The molecule has 2 bridgehead atoms. The van der Waals surface area contributed by atoms with Gasteiger partial charge in [-0.15, -0.1) is 0 Å². The van der Waals surface area contributed by atoms with Crippen LogP contribution in [0.4, 0.5) is 0 Å². The maximum absolute atomic E-state index is 10.1. The van der Waals surface area contributed by atoms with Gasteiger partial charge in [0, 0.05) is 18.8 Å². The molecule has 3 nitrogen and oxygen atoms in total. The van der Waals surface area contributed by atoms with Crippen LogP contribution in [0.1, 0.15) is 26.7 Å². The Morgan fingerprint density at radius 3 is 3.17 bits per heavy atom. The molecular formula is C9H16N2O. The summed E-state index contributed by atoms with van der Waals surface area (Å²) in [4.78, 5) is 6.61. The van der Waals surface area contributed by atoms with Crippen LogP contribution in [-0.2, 0) is 0 Å². The van der Waals surface area contributed by atoms with Gasteiger partial charge in [-0.3, -0.25) is 9.89 Å². The maximum Gasteiger partial charge on any atom is 0.138 e. The van der Waals surface area contributed by atoms with Crippen molar-refractivity contribution in [2.75, 3.05) is 13.1 Å². The first-order chi connectivity index (χ1) is 5.60. The third-order valence-electron chi connectivity index (χ3n) is 3.07. The van der Waals surface area contributed by atoms with Crippen LogP contribution in [0, 0.1) is 0 Å². The number of piperidine rings is 1. The molecule has 0 aromatic rings. The predicted octanol–water partition coefficient (Wildman–Crippen LogP) is 0.634. The molecule has 3 atom stereocenters. The Hall–Kier alpha value is -0.410. The maximum atomic E-state index is 10.1. The number of nitrogens with zero attached hydrogens (tertiary/aromatic N) is 2. The Balaban J connectivity index is 2.30. The minimum Gasteiger partial charge on any atom is -0.374 e. The largest absolute Gasteiger partial charge is 0.374 e. The molecule has 0 aromatic heterocycles. The van der Waals surface area contributed by atoms with Gasteiger partial charge in [0.2, 0.25) is 0 Å². The first kappa shape index (κ1) is 8.20. The van der Waals surface area contributed by atoms with Crippen LogP contribution in [0.3, 0.4) is 0 Å². The van der Waals surface area contributed by atoms with E-state index in [0.717, 1.165) is 25.9 Å². The zero-order chi connectivity index (χ0) is 8.77. The fourth-order valence-corrected chi connectivity index (χ4v) is 2.00. The molecule has 2 aliphatic heterocycles. The fraction of sp³-hybridized carbons (Fsp3) is 0.889. The van der Waals surface area contributed by atoms with Gasteiger partial charge in [-0.1, -0.05) is 0 Å². The monoisotopic (exact) mass is 168 g/mol. The lowest BCUT2D eigenvalue weighted by atomic mass is 9.96. The molecule has 0 saturated carbocycles. The smallest absolute Gasteiger partial charge is 0.138 e. The van der Waals surface area contributed by atoms with Crippen molar-refractivity contribution in [3.63, 3.8) is 0 Å². The van der Waals surface area contributed by atoms with E-state index in [1.54, 1.807) is 0 Å². The Morgan fingerprint density at radius 2 is 2.42 bits per heavy atom. The van der Waals surface area contributed by atoms with E-state index in [0.29, 0.717) is 0 Å². The minimum atomic E-state index is -0.718. The van der Waals surface area contributed by atoms with Crippen molar-refractivity contribution >= 4 is 5.71 Å². The molecule has 3 heteroatoms. The highest BCUT2D eigenvalue weighted by molar-refractivity contribution is 5.88. The van der Waals surface area contributed by atoms with E-state index in [1.807, 2.05) is 13.8 Å². The number of fused-ring (bicyclic) bond motifs is 2. The summed E-state index contributed by atoms with van der Waals surface area (Å²) in [5.74, 6) is 0. The summed E-state index contributed by atoms with van der Waals surface area (Å²) in [5.41, 5.74) is 0.546. The van der Waals surface area contributed by atoms with Crippen LogP contribution in [0.5, 0.6) is 0 Å². The summed E-state index contributed by atoms with van der Waals surface area (Å²) in [6, 6.07) is 0.0292. The molecule has 2 rings (SSSR count). The second-order valence-electron chi connectivity index (χ2n) is 3.99. The molecule has 0 spiro atoms. The Bertz CT molecular complexity index is 223. The van der Waals surface area contributed by atoms with Crippen LogP contribution in [0.2, 0.25) is 0 Å². The van der Waals surface area contributed by atoms with E-state index < -0.39 is 5.72 Å². The van der Waals surface area contributed by atoms with E-state index in [-0.39, 0.29) is 6.04 Å². The summed E-state index contributed by atoms with van der Waals surface area (Å²) in [6.45, 7) is 5.73. The first-order valence-electron chi connectivity index (χ1n) is 4.63. The minimum absolute atomic E-state index is 0.0292. The summed E-state index contributed by atoms with van der Waals surface area (Å²) in [6.07, 6.45) is 2.26. The first-order valence-corrected chi connectivity index (χ1v) is 4.63. The second-order valence-corrected chi connectivity index (χ2v) is 3.99. The highest BCUT2D eigenvalue weighted by atomic mass is 16.3. The molecule has 0 aromatic carbocycles. The fourth-order valence-electron chi connectivity index (χ4n) is 2.00. The lowest BCUT2D eigenvalue weighted by molar-refractivity contribution is -0.109. The number of aliphatic hydroxyl groups is 1. The van der Waals surface area contributed by atoms with Crippen molar-refractivity contribution in [1.29, 1.82) is 0 Å². The zero-order valence-electron chi connectivity index (χ0n) is 7.75. The number of hydrogen-bond donors (Lipinski definition) is 1. The summed E-state index contributed by atoms with van der Waals surface area (Å²) < 4.78 is 0. The number of rotatable bonds is 0. The second kappa shape index (κ2) is 2.54. The molecule has 68 valence electrons. The van der Waals surface area contributed by atoms with Crippen LogP contribution in [-0.4, -0.2) is 40.6 Å². The van der Waals surface area contributed by atoms with E-state index in [4.69, 9.17) is 0 Å². The average molecular weight is 168 g/mol. The normalized spacial score (nSPS) is 47.1. The van der Waals surface area contributed by atoms with Gasteiger partial charge in [0.05, 0.1) is 6.04 Å². The van der Waals surface area contributed by atoms with E-state index in [1.165, 1.54) is 5.71 Å². The van der Waals surface area contributed by atoms with Crippen LogP contribution < -0.4 is 0 Å². The third kappa shape index (κ3) is 1.08. The van der Waals surface area contributed by atoms with Crippen LogP contribution in [0.15, 0.2) is 4.99 Å². The molecule has 0 aliphatic carbocycles. The SMILES string of the molecule is CC1N=C2CCCN(C2)[C@]1(C)O. The topological polar surface area (TPSA) is 35.8 Å².